The van der Waals surface area contributed by atoms with E-state index in [0.29, 0.717) is 13.0 Å². The van der Waals surface area contributed by atoms with Crippen molar-refractivity contribution in [3.63, 3.8) is 0 Å². The first-order valence-corrected chi connectivity index (χ1v) is 6.39. The molecule has 1 aromatic carbocycles. The molecule has 0 amide bonds. The average molecular weight is 257 g/mol. The zero-order chi connectivity index (χ0) is 13.8. The number of hydrogen-bond acceptors (Lipinski definition) is 3. The van der Waals surface area contributed by atoms with E-state index in [0.717, 1.165) is 17.0 Å². The first-order valence-electron chi connectivity index (χ1n) is 6.39. The molecule has 0 radical (unpaired) electrons. The number of nitrogens with two attached hydrogens (primary N) is 1. The van der Waals surface area contributed by atoms with Crippen LogP contribution >= 0.6 is 0 Å². The van der Waals surface area contributed by atoms with Gasteiger partial charge in [-0.05, 0) is 18.6 Å². The van der Waals surface area contributed by atoms with Gasteiger partial charge in [-0.2, -0.15) is 5.10 Å². The van der Waals surface area contributed by atoms with Crippen LogP contribution in [0.25, 0.3) is 0 Å². The smallest absolute Gasteiger partial charge is 0.147 e. The fourth-order valence-corrected chi connectivity index (χ4v) is 2.27. The summed E-state index contributed by atoms with van der Waals surface area (Å²) in [6.45, 7) is 2.26. The standard InChI is InChI=1S/C15H19N3O/c1-11-8-13(18(2)17-11)9-15(19)14(10-16)12-6-4-3-5-7-12/h3-8,14H,9-10,16H2,1-2H3. The van der Waals surface area contributed by atoms with Crippen molar-refractivity contribution in [2.45, 2.75) is 19.3 Å². The van der Waals surface area contributed by atoms with Crippen molar-refractivity contribution in [3.05, 3.63) is 53.3 Å². The molecule has 2 aromatic rings. The molecule has 2 N–H and O–H groups in total. The molecule has 19 heavy (non-hydrogen) atoms. The van der Waals surface area contributed by atoms with Gasteiger partial charge in [0, 0.05) is 25.7 Å². The van der Waals surface area contributed by atoms with Gasteiger partial charge >= 0.3 is 0 Å². The van der Waals surface area contributed by atoms with Crippen LogP contribution in [0.5, 0.6) is 0 Å². The molecule has 0 aliphatic rings. The third kappa shape index (κ3) is 3.09. The predicted molar refractivity (Wildman–Crippen MR) is 74.9 cm³/mol. The van der Waals surface area contributed by atoms with E-state index in [1.807, 2.05) is 50.4 Å². The van der Waals surface area contributed by atoms with E-state index in [-0.39, 0.29) is 11.7 Å². The summed E-state index contributed by atoms with van der Waals surface area (Å²) < 4.78 is 1.76. The van der Waals surface area contributed by atoms with E-state index < -0.39 is 0 Å². The Morgan fingerprint density at radius 2 is 2.05 bits per heavy atom. The highest BCUT2D eigenvalue weighted by Gasteiger charge is 2.20. The molecule has 0 fully saturated rings. The van der Waals surface area contributed by atoms with Crippen LogP contribution in [0.15, 0.2) is 36.4 Å². The number of hydrogen-bond donors (Lipinski definition) is 1. The summed E-state index contributed by atoms with van der Waals surface area (Å²) in [5.41, 5.74) is 8.59. The normalized spacial score (nSPS) is 12.4. The van der Waals surface area contributed by atoms with Crippen molar-refractivity contribution >= 4 is 5.78 Å². The Balaban J connectivity index is 2.16. The Labute approximate surface area is 113 Å². The minimum absolute atomic E-state index is 0.136. The minimum Gasteiger partial charge on any atom is -0.329 e. The number of nitrogens with zero attached hydrogens (tertiary/aromatic N) is 2. The Bertz CT molecular complexity index is 560. The lowest BCUT2D eigenvalue weighted by Gasteiger charge is -2.14. The average Bonchev–Trinajstić information content (AvgIpc) is 2.70. The Kier molecular flexibility index (Phi) is 4.12. The first kappa shape index (κ1) is 13.5. The number of carbonyl (C=O) groups is 1. The molecular weight excluding hydrogens is 238 g/mol. The molecule has 1 unspecified atom stereocenters. The van der Waals surface area contributed by atoms with Gasteiger partial charge in [-0.3, -0.25) is 9.48 Å². The van der Waals surface area contributed by atoms with Gasteiger partial charge in [-0.15, -0.1) is 0 Å². The Morgan fingerprint density at radius 1 is 1.37 bits per heavy atom. The van der Waals surface area contributed by atoms with Gasteiger partial charge < -0.3 is 5.73 Å². The molecule has 0 saturated carbocycles. The zero-order valence-electron chi connectivity index (χ0n) is 11.3. The van der Waals surface area contributed by atoms with Crippen LogP contribution in [0.1, 0.15) is 22.9 Å². The quantitative estimate of drug-likeness (QED) is 0.884. The van der Waals surface area contributed by atoms with Crippen molar-refractivity contribution in [2.75, 3.05) is 6.54 Å². The van der Waals surface area contributed by atoms with E-state index in [2.05, 4.69) is 5.10 Å². The third-order valence-corrected chi connectivity index (χ3v) is 3.28. The van der Waals surface area contributed by atoms with E-state index >= 15 is 0 Å². The molecule has 0 saturated heterocycles. The van der Waals surface area contributed by atoms with E-state index in [9.17, 15) is 4.79 Å². The maximum absolute atomic E-state index is 12.4. The van der Waals surface area contributed by atoms with Gasteiger partial charge in [0.2, 0.25) is 0 Å². The highest BCUT2D eigenvalue weighted by Crippen LogP contribution is 2.17. The molecule has 0 bridgehead atoms. The van der Waals surface area contributed by atoms with Crippen LogP contribution in [0, 0.1) is 6.92 Å². The molecule has 4 heteroatoms. The number of ketones is 1. The van der Waals surface area contributed by atoms with Crippen LogP contribution in [-0.2, 0) is 18.3 Å². The topological polar surface area (TPSA) is 60.9 Å². The van der Waals surface area contributed by atoms with Crippen LogP contribution in [0.3, 0.4) is 0 Å². The second-order valence-corrected chi connectivity index (χ2v) is 4.74. The van der Waals surface area contributed by atoms with E-state index in [4.69, 9.17) is 5.73 Å². The van der Waals surface area contributed by atoms with Crippen molar-refractivity contribution in [1.29, 1.82) is 0 Å². The fraction of sp³-hybridized carbons (Fsp3) is 0.333. The maximum atomic E-state index is 12.4. The first-order chi connectivity index (χ1) is 9.11. The van der Waals surface area contributed by atoms with Crippen molar-refractivity contribution in [2.24, 2.45) is 12.8 Å². The lowest BCUT2D eigenvalue weighted by Crippen LogP contribution is -2.24. The monoisotopic (exact) mass is 257 g/mol. The Hall–Kier alpha value is -1.94. The summed E-state index contributed by atoms with van der Waals surface area (Å²) in [6, 6.07) is 11.6. The molecule has 1 aromatic heterocycles. The highest BCUT2D eigenvalue weighted by molar-refractivity contribution is 5.87. The maximum Gasteiger partial charge on any atom is 0.147 e. The highest BCUT2D eigenvalue weighted by atomic mass is 16.1. The lowest BCUT2D eigenvalue weighted by molar-refractivity contribution is -0.119. The summed E-state index contributed by atoms with van der Waals surface area (Å²) in [6.07, 6.45) is 0.369. The van der Waals surface area contributed by atoms with E-state index in [1.54, 1.807) is 4.68 Å². The number of Topliss-reactive ketones (excluding diaryl/α,β-unsaturated/α-hetero) is 1. The molecule has 4 nitrogen and oxygen atoms in total. The molecule has 2 rings (SSSR count). The van der Waals surface area contributed by atoms with Crippen LogP contribution in [0.4, 0.5) is 0 Å². The number of rotatable bonds is 5. The van der Waals surface area contributed by atoms with Gasteiger partial charge in [0.1, 0.15) is 5.78 Å². The molecule has 0 aliphatic carbocycles. The van der Waals surface area contributed by atoms with Crippen molar-refractivity contribution in [3.8, 4) is 0 Å². The zero-order valence-corrected chi connectivity index (χ0v) is 11.3. The number of benzene rings is 1. The van der Waals surface area contributed by atoms with Crippen molar-refractivity contribution < 1.29 is 4.79 Å². The van der Waals surface area contributed by atoms with E-state index in [1.165, 1.54) is 0 Å². The SMILES string of the molecule is Cc1cc(CC(=O)C(CN)c2ccccc2)n(C)n1. The van der Waals surface area contributed by atoms with Gasteiger partial charge in [0.25, 0.3) is 0 Å². The summed E-state index contributed by atoms with van der Waals surface area (Å²) >= 11 is 0. The van der Waals surface area contributed by atoms with Gasteiger partial charge in [-0.1, -0.05) is 30.3 Å². The van der Waals surface area contributed by atoms with Gasteiger partial charge in [0.15, 0.2) is 0 Å². The fourth-order valence-electron chi connectivity index (χ4n) is 2.27. The lowest BCUT2D eigenvalue weighted by atomic mass is 9.92. The number of carbonyl (C=O) groups excluding carboxylic acids is 1. The summed E-state index contributed by atoms with van der Waals surface area (Å²) in [7, 11) is 1.86. The number of aryl methyl sites for hydroxylation is 2. The molecule has 0 spiro atoms. The predicted octanol–water partition coefficient (Wildman–Crippen LogP) is 1.58. The van der Waals surface area contributed by atoms with Gasteiger partial charge in [-0.25, -0.2) is 0 Å². The Morgan fingerprint density at radius 3 is 2.58 bits per heavy atom. The summed E-state index contributed by atoms with van der Waals surface area (Å²) in [4.78, 5) is 12.4. The largest absolute Gasteiger partial charge is 0.329 e. The second kappa shape index (κ2) is 5.80. The number of aromatic nitrogens is 2. The summed E-state index contributed by atoms with van der Waals surface area (Å²) in [5, 5.41) is 4.26. The molecule has 1 heterocycles. The third-order valence-electron chi connectivity index (χ3n) is 3.28. The van der Waals surface area contributed by atoms with Gasteiger partial charge in [0.05, 0.1) is 11.6 Å². The summed E-state index contributed by atoms with van der Waals surface area (Å²) in [5.74, 6) is -0.104. The van der Waals surface area contributed by atoms with Crippen molar-refractivity contribution in [1.82, 2.24) is 9.78 Å². The van der Waals surface area contributed by atoms with Crippen LogP contribution < -0.4 is 5.73 Å². The molecule has 100 valence electrons. The minimum atomic E-state index is -0.239. The molecule has 0 aliphatic heterocycles. The molecule has 1 atom stereocenters. The van der Waals surface area contributed by atoms with Crippen LogP contribution in [0.2, 0.25) is 0 Å². The molecular formula is C15H19N3O. The van der Waals surface area contributed by atoms with Crippen LogP contribution in [-0.4, -0.2) is 22.1 Å². The second-order valence-electron chi connectivity index (χ2n) is 4.74.